The van der Waals surface area contributed by atoms with Crippen molar-refractivity contribution >= 4 is 74.1 Å². The molecule has 18 nitrogen and oxygen atoms in total. The average Bonchev–Trinajstić information content (AvgIpc) is 3.60. The first-order chi connectivity index (χ1) is 40.2. The van der Waals surface area contributed by atoms with Crippen LogP contribution in [0.25, 0.3) is 32.9 Å². The topological polar surface area (TPSA) is 239 Å². The highest BCUT2D eigenvalue weighted by Crippen LogP contribution is 2.35. The van der Waals surface area contributed by atoms with Gasteiger partial charge in [-0.25, -0.2) is 18.7 Å². The van der Waals surface area contributed by atoms with Gasteiger partial charge in [-0.05, 0) is 108 Å². The lowest BCUT2D eigenvalue weighted by Gasteiger charge is -2.25. The summed E-state index contributed by atoms with van der Waals surface area (Å²) in [6, 6.07) is 33.8. The number of methoxy groups -OCH3 is 4. The van der Waals surface area contributed by atoms with Gasteiger partial charge in [-0.3, -0.25) is 37.9 Å². The lowest BCUT2D eigenvalue weighted by Crippen LogP contribution is -2.40. The Kier molecular flexibility index (Phi) is 23.5. The molecule has 4 atom stereocenters. The molecular formula is C62H66BBrF2N6O12. The van der Waals surface area contributed by atoms with Gasteiger partial charge in [0.05, 0.1) is 98.9 Å². The van der Waals surface area contributed by atoms with Crippen molar-refractivity contribution in [3.8, 4) is 22.6 Å². The maximum atomic E-state index is 14.8. The number of amides is 2. The number of carbonyl (C=O) groups is 4. The van der Waals surface area contributed by atoms with Gasteiger partial charge in [0, 0.05) is 4.47 Å². The summed E-state index contributed by atoms with van der Waals surface area (Å²) in [7, 11) is 3.52. The van der Waals surface area contributed by atoms with E-state index in [0.29, 0.717) is 51.5 Å². The molecule has 8 rings (SSSR count). The molecule has 0 fully saturated rings. The monoisotopic (exact) mass is 1210 g/mol. The fourth-order valence-electron chi connectivity index (χ4n) is 9.27. The van der Waals surface area contributed by atoms with Crippen LogP contribution in [0.3, 0.4) is 0 Å². The molecule has 8 aromatic rings. The van der Waals surface area contributed by atoms with E-state index >= 15 is 0 Å². The van der Waals surface area contributed by atoms with Gasteiger partial charge >= 0.3 is 19.1 Å². The first-order valence-electron chi connectivity index (χ1n) is 26.7. The molecule has 2 heterocycles. The Balaban J connectivity index is 0.000000229. The summed E-state index contributed by atoms with van der Waals surface area (Å²) in [5.41, 5.74) is 2.38. The molecule has 0 saturated heterocycles. The molecule has 0 saturated carbocycles. The number of nitrogens with one attached hydrogen (secondary N) is 2. The second-order valence-electron chi connectivity index (χ2n) is 20.1. The third-order valence-electron chi connectivity index (χ3n) is 13.4. The van der Waals surface area contributed by atoms with E-state index in [4.69, 9.17) is 29.0 Å². The minimum absolute atomic E-state index is 0.0298. The van der Waals surface area contributed by atoms with Crippen molar-refractivity contribution in [3.05, 3.63) is 194 Å². The molecule has 440 valence electrons. The number of carbonyl (C=O) groups excluding carboxylic acids is 4. The zero-order valence-electron chi connectivity index (χ0n) is 47.6. The predicted molar refractivity (Wildman–Crippen MR) is 319 cm³/mol. The van der Waals surface area contributed by atoms with Crippen LogP contribution in [-0.2, 0) is 28.7 Å². The molecule has 22 heteroatoms. The lowest BCUT2D eigenvalue weighted by atomic mass is 9.79. The Morgan fingerprint density at radius 1 is 0.583 bits per heavy atom. The Labute approximate surface area is 493 Å². The van der Waals surface area contributed by atoms with Gasteiger partial charge in [-0.2, -0.15) is 0 Å². The van der Waals surface area contributed by atoms with Crippen molar-refractivity contribution in [1.82, 2.24) is 29.7 Å². The Morgan fingerprint density at radius 2 is 1.02 bits per heavy atom. The van der Waals surface area contributed by atoms with Crippen LogP contribution in [0.15, 0.2) is 160 Å². The summed E-state index contributed by atoms with van der Waals surface area (Å²) < 4.78 is 51.1. The van der Waals surface area contributed by atoms with Crippen LogP contribution in [0.1, 0.15) is 88.7 Å². The van der Waals surface area contributed by atoms with Gasteiger partial charge < -0.3 is 39.6 Å². The van der Waals surface area contributed by atoms with Gasteiger partial charge in [0.15, 0.2) is 0 Å². The normalized spacial score (nSPS) is 12.4. The van der Waals surface area contributed by atoms with Crippen LogP contribution >= 0.6 is 15.9 Å². The zero-order chi connectivity index (χ0) is 61.2. The molecular weight excluding hydrogens is 1150 g/mol. The molecule has 4 N–H and O–H groups in total. The van der Waals surface area contributed by atoms with E-state index in [1.807, 2.05) is 58.0 Å². The number of aromatic nitrogens is 4. The van der Waals surface area contributed by atoms with Crippen molar-refractivity contribution in [2.24, 2.45) is 11.8 Å². The second kappa shape index (κ2) is 30.6. The SMILES string of the molecule is COC(=O)C[C@H](NC(=O)[C@H](CC(C)C)n1cnc2ccccc2c1=O)c1cccc(-c2c(F)cccc2OC)c1.COC(=O)C[C@H](NC(=O)[C@H](CC(C)C)n1cnc2ccccc2c1=O)c1cccc(Br)c1.COc1cccc(F)c1B(O)O. The minimum Gasteiger partial charge on any atom is -0.497 e. The molecule has 6 aromatic carbocycles. The molecule has 0 aliphatic carbocycles. The summed E-state index contributed by atoms with van der Waals surface area (Å²) in [5.74, 6) is -2.24. The maximum absolute atomic E-state index is 14.8. The summed E-state index contributed by atoms with van der Waals surface area (Å²) in [6.07, 6.45) is 3.42. The number of hydrogen-bond acceptors (Lipinski definition) is 14. The number of halogens is 3. The number of benzene rings is 6. The largest absolute Gasteiger partial charge is 0.497 e. The third kappa shape index (κ3) is 16.8. The predicted octanol–water partition coefficient (Wildman–Crippen LogP) is 8.90. The van der Waals surface area contributed by atoms with Crippen LogP contribution in [0.2, 0.25) is 0 Å². The van der Waals surface area contributed by atoms with Crippen LogP contribution in [0.5, 0.6) is 11.5 Å². The highest BCUT2D eigenvalue weighted by atomic mass is 79.9. The number of para-hydroxylation sites is 2. The number of esters is 2. The number of ether oxygens (including phenoxy) is 4. The Morgan fingerprint density at radius 3 is 1.46 bits per heavy atom. The summed E-state index contributed by atoms with van der Waals surface area (Å²) >= 11 is 3.43. The van der Waals surface area contributed by atoms with E-state index in [-0.39, 0.29) is 58.5 Å². The highest BCUT2D eigenvalue weighted by Gasteiger charge is 2.30. The van der Waals surface area contributed by atoms with E-state index in [2.05, 4.69) is 36.5 Å². The summed E-state index contributed by atoms with van der Waals surface area (Å²) in [6.45, 7) is 7.88. The van der Waals surface area contributed by atoms with E-state index < -0.39 is 60.8 Å². The number of fused-ring (bicyclic) bond motifs is 2. The smallest absolute Gasteiger partial charge is 0.495 e. The van der Waals surface area contributed by atoms with E-state index in [1.54, 1.807) is 78.9 Å². The van der Waals surface area contributed by atoms with Crippen LogP contribution in [0, 0.1) is 23.5 Å². The molecule has 84 heavy (non-hydrogen) atoms. The first-order valence-corrected chi connectivity index (χ1v) is 27.5. The zero-order valence-corrected chi connectivity index (χ0v) is 49.2. The van der Waals surface area contributed by atoms with E-state index in [9.17, 15) is 37.5 Å². The second-order valence-corrected chi connectivity index (χ2v) is 21.1. The Bertz CT molecular complexity index is 3710. The molecule has 0 spiro atoms. The lowest BCUT2D eigenvalue weighted by molar-refractivity contribution is -0.142. The fourth-order valence-corrected chi connectivity index (χ4v) is 9.69. The average molecular weight is 1220 g/mol. The minimum atomic E-state index is -1.85. The molecule has 0 radical (unpaired) electrons. The summed E-state index contributed by atoms with van der Waals surface area (Å²) in [4.78, 5) is 86.9. The number of nitrogens with zero attached hydrogens (tertiary/aromatic N) is 4. The standard InChI is InChI=1S/C31H32FN3O5.C24H26BrN3O4.C7H8BFO3/c1-19(2)15-26(35-18-33-24-13-6-5-11-22(24)31(35)38)30(37)34-25(17-28(36)40-4)20-9-7-10-21(16-20)29-23(32)12-8-14-27(29)39-3;1-15(2)11-21(28-14-26-19-10-5-4-9-18(19)24(28)31)23(30)27-20(13-22(29)32-3)16-7-6-8-17(25)12-16;1-12-6-4-2-3-5(9)7(6)8(10)11/h5-14,16,18-19,25-26H,15,17H2,1-4H3,(H,34,37);4-10,12,14-15,20-21H,11,13H2,1-3H3,(H,27,30);2-4,10-11H,1H3/t25-,26-;20-,21-;/m00./s1. The highest BCUT2D eigenvalue weighted by molar-refractivity contribution is 9.10. The Hall–Kier alpha value is -8.60. The third-order valence-corrected chi connectivity index (χ3v) is 13.9. The van der Waals surface area contributed by atoms with Crippen molar-refractivity contribution < 1.29 is 57.0 Å². The van der Waals surface area contributed by atoms with Crippen molar-refractivity contribution in [2.45, 2.75) is 77.5 Å². The molecule has 0 bridgehead atoms. The first kappa shape index (κ1) is 64.6. The fraction of sp³-hybridized carbons (Fsp3) is 0.290. The molecule has 2 amide bonds. The summed E-state index contributed by atoms with van der Waals surface area (Å²) in [5, 5.41) is 24.3. The quantitative estimate of drug-likeness (QED) is 0.0412. The van der Waals surface area contributed by atoms with Crippen LogP contribution in [0.4, 0.5) is 8.78 Å². The maximum Gasteiger partial charge on any atom is 0.495 e. The number of rotatable bonds is 20. The van der Waals surface area contributed by atoms with E-state index in [1.165, 1.54) is 68.4 Å². The van der Waals surface area contributed by atoms with Gasteiger partial charge in [-0.15, -0.1) is 0 Å². The molecule has 0 aliphatic rings. The van der Waals surface area contributed by atoms with E-state index in [0.717, 1.165) is 16.1 Å². The van der Waals surface area contributed by atoms with Crippen molar-refractivity contribution in [3.63, 3.8) is 0 Å². The number of hydrogen-bond donors (Lipinski definition) is 4. The van der Waals surface area contributed by atoms with Gasteiger partial charge in [-0.1, -0.05) is 110 Å². The molecule has 0 aliphatic heterocycles. The van der Waals surface area contributed by atoms with Crippen molar-refractivity contribution in [2.75, 3.05) is 28.4 Å². The molecule has 0 unspecified atom stereocenters. The van der Waals surface area contributed by atoms with Gasteiger partial charge in [0.25, 0.3) is 11.1 Å². The van der Waals surface area contributed by atoms with Gasteiger partial charge in [0.2, 0.25) is 11.8 Å². The molecule has 2 aromatic heterocycles. The van der Waals surface area contributed by atoms with Gasteiger partial charge in [0.1, 0.15) is 35.2 Å². The van der Waals surface area contributed by atoms with Crippen molar-refractivity contribution in [1.29, 1.82) is 0 Å². The van der Waals surface area contributed by atoms with Crippen LogP contribution in [-0.4, -0.2) is 88.5 Å². The van der Waals surface area contributed by atoms with Crippen LogP contribution < -0.4 is 36.7 Å².